The molecule has 0 radical (unpaired) electrons. The third-order valence-corrected chi connectivity index (χ3v) is 8.29. The summed E-state index contributed by atoms with van der Waals surface area (Å²) in [7, 11) is 0. The molecule has 1 unspecified atom stereocenters. The molecule has 0 aliphatic carbocycles. The van der Waals surface area contributed by atoms with Crippen LogP contribution in [-0.2, 0) is 36.8 Å². The Hall–Kier alpha value is -3.94. The maximum atomic E-state index is 14.5. The first-order chi connectivity index (χ1) is 22.1. The quantitative estimate of drug-likeness (QED) is 0.196. The Morgan fingerprint density at radius 3 is 2.30 bits per heavy atom. The second kappa shape index (κ2) is 16.8. The van der Waals surface area contributed by atoms with Crippen LogP contribution >= 0.6 is 11.8 Å². The zero-order chi connectivity index (χ0) is 34.9. The summed E-state index contributed by atoms with van der Waals surface area (Å²) in [5, 5.41) is 7.71. The summed E-state index contributed by atoms with van der Waals surface area (Å²) >= 11 is 1.28. The lowest BCUT2D eigenvalue weighted by atomic mass is 10.0. The standard InChI is InChI=1S/C33H43F3N4O6S/c1-7-45-31(43)28(19(2)3)38-22-10-8-20(9-11-22)18-37-29(42)30-40(12-13-47-30)27(41)16-23(39-32(44)46-33(4,5)6)14-21-15-25(35)26(36)17-24(21)34/h8-11,15,17,19,23,28,30,38H,7,12-14,16,18H2,1-6H3,(H,37,42)(H,39,44)/t23?,28-,30-/m0/s1. The summed E-state index contributed by atoms with van der Waals surface area (Å²) in [5.74, 6) is -4.38. The fourth-order valence-corrected chi connectivity index (χ4v) is 5.97. The van der Waals surface area contributed by atoms with Gasteiger partial charge >= 0.3 is 12.1 Å². The van der Waals surface area contributed by atoms with Gasteiger partial charge in [0.25, 0.3) is 5.91 Å². The summed E-state index contributed by atoms with van der Waals surface area (Å²) in [6, 6.07) is 6.74. The van der Waals surface area contributed by atoms with E-state index in [1.54, 1.807) is 52.0 Å². The second-order valence-corrected chi connectivity index (χ2v) is 13.6. The molecular formula is C33H43F3N4O6S. The molecule has 2 aromatic rings. The van der Waals surface area contributed by atoms with Gasteiger partial charge in [0, 0.05) is 43.1 Å². The van der Waals surface area contributed by atoms with Gasteiger partial charge in [-0.2, -0.15) is 0 Å². The van der Waals surface area contributed by atoms with Crippen molar-refractivity contribution in [3.05, 3.63) is 65.0 Å². The second-order valence-electron chi connectivity index (χ2n) is 12.5. The highest BCUT2D eigenvalue weighted by molar-refractivity contribution is 8.00. The first kappa shape index (κ1) is 37.5. The van der Waals surface area contributed by atoms with Gasteiger partial charge in [-0.1, -0.05) is 26.0 Å². The van der Waals surface area contributed by atoms with E-state index in [4.69, 9.17) is 9.47 Å². The molecule has 258 valence electrons. The van der Waals surface area contributed by atoms with Gasteiger partial charge < -0.3 is 30.3 Å². The first-order valence-corrected chi connectivity index (χ1v) is 16.5. The largest absolute Gasteiger partial charge is 0.464 e. The molecule has 3 rings (SSSR count). The summed E-state index contributed by atoms with van der Waals surface area (Å²) in [5.41, 5.74) is 0.408. The van der Waals surface area contributed by atoms with Crippen LogP contribution in [0.3, 0.4) is 0 Å². The number of alkyl carbamates (subject to hydrolysis) is 1. The number of nitrogens with one attached hydrogen (secondary N) is 3. The van der Waals surface area contributed by atoms with E-state index in [1.165, 1.54) is 16.7 Å². The lowest BCUT2D eigenvalue weighted by Crippen LogP contribution is -2.48. The van der Waals surface area contributed by atoms with Crippen molar-refractivity contribution < 1.29 is 41.8 Å². The van der Waals surface area contributed by atoms with Gasteiger partial charge in [-0.25, -0.2) is 22.8 Å². The summed E-state index contributed by atoms with van der Waals surface area (Å²) in [6.45, 7) is 11.2. The average Bonchev–Trinajstić information content (AvgIpc) is 3.47. The van der Waals surface area contributed by atoms with E-state index in [-0.39, 0.29) is 50.0 Å². The maximum Gasteiger partial charge on any atom is 0.407 e. The van der Waals surface area contributed by atoms with Gasteiger partial charge in [0.05, 0.1) is 6.61 Å². The van der Waals surface area contributed by atoms with Crippen molar-refractivity contribution in [1.82, 2.24) is 15.5 Å². The van der Waals surface area contributed by atoms with Crippen molar-refractivity contribution in [3.63, 3.8) is 0 Å². The van der Waals surface area contributed by atoms with Gasteiger partial charge in [0.2, 0.25) is 5.91 Å². The van der Waals surface area contributed by atoms with E-state index in [2.05, 4.69) is 16.0 Å². The number of amides is 3. The van der Waals surface area contributed by atoms with E-state index in [0.717, 1.165) is 5.56 Å². The number of benzene rings is 2. The Morgan fingerprint density at radius 1 is 1.02 bits per heavy atom. The van der Waals surface area contributed by atoms with Crippen molar-refractivity contribution >= 4 is 41.3 Å². The normalized spacial score (nSPS) is 16.0. The van der Waals surface area contributed by atoms with Crippen molar-refractivity contribution in [2.24, 2.45) is 5.92 Å². The van der Waals surface area contributed by atoms with Crippen LogP contribution in [0.1, 0.15) is 59.1 Å². The number of halogens is 3. The van der Waals surface area contributed by atoms with E-state index in [9.17, 15) is 32.3 Å². The fraction of sp³-hybridized carbons (Fsp3) is 0.515. The molecule has 0 saturated carbocycles. The van der Waals surface area contributed by atoms with E-state index in [1.807, 2.05) is 13.8 Å². The molecule has 1 aliphatic rings. The van der Waals surface area contributed by atoms with Crippen molar-refractivity contribution in [1.29, 1.82) is 0 Å². The first-order valence-electron chi connectivity index (χ1n) is 15.4. The van der Waals surface area contributed by atoms with Gasteiger partial charge in [-0.15, -0.1) is 11.8 Å². The zero-order valence-corrected chi connectivity index (χ0v) is 28.3. The van der Waals surface area contributed by atoms with Crippen molar-refractivity contribution in [3.8, 4) is 0 Å². The van der Waals surface area contributed by atoms with Crippen LogP contribution < -0.4 is 16.0 Å². The molecule has 1 heterocycles. The Balaban J connectivity index is 1.64. The predicted octanol–water partition coefficient (Wildman–Crippen LogP) is 5.15. The Kier molecular flexibility index (Phi) is 13.4. The number of hydrogen-bond acceptors (Lipinski definition) is 8. The monoisotopic (exact) mass is 680 g/mol. The minimum atomic E-state index is -1.36. The van der Waals surface area contributed by atoms with Crippen LogP contribution in [0.4, 0.5) is 23.7 Å². The van der Waals surface area contributed by atoms with Crippen molar-refractivity contribution in [2.45, 2.75) is 84.0 Å². The number of carbonyl (C=O) groups excluding carboxylic acids is 4. The SMILES string of the molecule is CCOC(=O)[C@@H](Nc1ccc(CNC(=O)[C@@H]2SCCN2C(=O)CC(Cc2cc(F)c(F)cc2F)NC(=O)OC(C)(C)C)cc1)C(C)C. The van der Waals surface area contributed by atoms with Crippen LogP contribution in [0.2, 0.25) is 0 Å². The van der Waals surface area contributed by atoms with Crippen LogP contribution in [0.15, 0.2) is 36.4 Å². The molecular weight excluding hydrogens is 637 g/mol. The molecule has 3 amide bonds. The lowest BCUT2D eigenvalue weighted by molar-refractivity contribution is -0.145. The highest BCUT2D eigenvalue weighted by Gasteiger charge is 2.36. The summed E-state index contributed by atoms with van der Waals surface area (Å²) in [4.78, 5) is 52.8. The smallest absolute Gasteiger partial charge is 0.407 e. The molecule has 0 bridgehead atoms. The van der Waals surface area contributed by atoms with E-state index >= 15 is 0 Å². The Morgan fingerprint density at radius 2 is 1.68 bits per heavy atom. The Bertz CT molecular complexity index is 1420. The van der Waals surface area contributed by atoms with Crippen molar-refractivity contribution in [2.75, 3.05) is 24.2 Å². The lowest BCUT2D eigenvalue weighted by Gasteiger charge is -2.27. The van der Waals surface area contributed by atoms with Crippen LogP contribution in [0.5, 0.6) is 0 Å². The molecule has 3 atom stereocenters. The number of hydrogen-bond donors (Lipinski definition) is 3. The molecule has 0 spiro atoms. The van der Waals surface area contributed by atoms with E-state index in [0.29, 0.717) is 23.6 Å². The highest BCUT2D eigenvalue weighted by Crippen LogP contribution is 2.26. The van der Waals surface area contributed by atoms with Gasteiger partial charge in [0.15, 0.2) is 17.0 Å². The third kappa shape index (κ3) is 11.4. The van der Waals surface area contributed by atoms with Crippen LogP contribution in [0, 0.1) is 23.4 Å². The van der Waals surface area contributed by atoms with E-state index < -0.39 is 58.4 Å². The number of carbonyl (C=O) groups is 4. The molecule has 1 saturated heterocycles. The van der Waals surface area contributed by atoms with Gasteiger partial charge in [-0.05, 0) is 69.4 Å². The number of anilines is 1. The highest BCUT2D eigenvalue weighted by atomic mass is 32.2. The topological polar surface area (TPSA) is 126 Å². The molecule has 2 aromatic carbocycles. The number of rotatable bonds is 13. The number of nitrogens with zero attached hydrogens (tertiary/aromatic N) is 1. The maximum absolute atomic E-state index is 14.5. The minimum Gasteiger partial charge on any atom is -0.464 e. The molecule has 14 heteroatoms. The number of thioether (sulfide) groups is 1. The number of esters is 1. The molecule has 1 fully saturated rings. The Labute approximate surface area is 277 Å². The predicted molar refractivity (Wildman–Crippen MR) is 173 cm³/mol. The molecule has 1 aliphatic heterocycles. The fourth-order valence-electron chi connectivity index (χ4n) is 4.81. The van der Waals surface area contributed by atoms with Gasteiger partial charge in [-0.3, -0.25) is 9.59 Å². The summed E-state index contributed by atoms with van der Waals surface area (Å²) < 4.78 is 52.3. The van der Waals surface area contributed by atoms with Crippen LogP contribution in [-0.4, -0.2) is 70.7 Å². The average molecular weight is 681 g/mol. The zero-order valence-electron chi connectivity index (χ0n) is 27.5. The molecule has 0 aromatic heterocycles. The van der Waals surface area contributed by atoms with Gasteiger partial charge in [0.1, 0.15) is 17.5 Å². The molecule has 3 N–H and O–H groups in total. The molecule has 47 heavy (non-hydrogen) atoms. The summed E-state index contributed by atoms with van der Waals surface area (Å²) in [6.07, 6.45) is -1.54. The minimum absolute atomic E-state index is 0.00183. The van der Waals surface area contributed by atoms with Crippen LogP contribution in [0.25, 0.3) is 0 Å². The third-order valence-electron chi connectivity index (χ3n) is 7.08. The number of ether oxygens (including phenoxy) is 2. The molecule has 10 nitrogen and oxygen atoms in total.